The predicted octanol–water partition coefficient (Wildman–Crippen LogP) is 0.409. The largest absolute Gasteiger partial charge is 0.396 e. The van der Waals surface area contributed by atoms with Crippen molar-refractivity contribution in [3.63, 3.8) is 0 Å². The minimum atomic E-state index is -0.507. The normalized spacial score (nSPS) is 42.6. The van der Waals surface area contributed by atoms with Gasteiger partial charge >= 0.3 is 0 Å². The molecule has 2 bridgehead atoms. The van der Waals surface area contributed by atoms with Crippen molar-refractivity contribution in [2.45, 2.75) is 24.7 Å². The molecule has 2 aromatic rings. The zero-order chi connectivity index (χ0) is 15.1. The lowest BCUT2D eigenvalue weighted by Gasteiger charge is -2.30. The minimum Gasteiger partial charge on any atom is -0.396 e. The summed E-state index contributed by atoms with van der Waals surface area (Å²) in [4.78, 5) is 12.6. The summed E-state index contributed by atoms with van der Waals surface area (Å²) in [5, 5.41) is 20.7. The molecule has 1 aliphatic heterocycles. The highest BCUT2D eigenvalue weighted by Gasteiger charge is 2.70. The van der Waals surface area contributed by atoms with E-state index in [1.54, 1.807) is 6.33 Å². The first-order valence-corrected chi connectivity index (χ1v) is 7.78. The van der Waals surface area contributed by atoms with E-state index in [4.69, 9.17) is 16.3 Å². The molecule has 5 rings (SSSR count). The molecule has 2 N–H and O–H groups in total. The molecule has 3 aliphatic rings. The van der Waals surface area contributed by atoms with Crippen LogP contribution in [-0.2, 0) is 4.74 Å². The number of aromatic nitrogens is 4. The van der Waals surface area contributed by atoms with Crippen LogP contribution in [0.15, 0.2) is 12.7 Å². The lowest BCUT2D eigenvalue weighted by atomic mass is 9.74. The summed E-state index contributed by atoms with van der Waals surface area (Å²) >= 11 is 6.08. The molecular weight excluding hydrogens is 308 g/mol. The Morgan fingerprint density at radius 2 is 2.27 bits per heavy atom. The van der Waals surface area contributed by atoms with E-state index < -0.39 is 6.10 Å². The third-order valence-electron chi connectivity index (χ3n) is 5.80. The molecule has 0 aromatic carbocycles. The molecule has 7 nitrogen and oxygen atoms in total. The monoisotopic (exact) mass is 322 g/mol. The number of hydrogen-bond donors (Lipinski definition) is 2. The van der Waals surface area contributed by atoms with Crippen LogP contribution in [0.3, 0.4) is 0 Å². The molecule has 8 heteroatoms. The van der Waals surface area contributed by atoms with Crippen LogP contribution >= 0.6 is 11.6 Å². The van der Waals surface area contributed by atoms with Crippen molar-refractivity contribution in [2.24, 2.45) is 17.3 Å². The molecule has 2 aromatic heterocycles. The second-order valence-corrected chi connectivity index (χ2v) is 7.02. The highest BCUT2D eigenvalue weighted by molar-refractivity contribution is 6.33. The Hall–Kier alpha value is -1.28. The predicted molar refractivity (Wildman–Crippen MR) is 76.2 cm³/mol. The Bertz CT molecular complexity index is 768. The fourth-order valence-corrected chi connectivity index (χ4v) is 5.11. The number of halogens is 1. The summed E-state index contributed by atoms with van der Waals surface area (Å²) in [5.41, 5.74) is 0.979. The van der Waals surface area contributed by atoms with Crippen molar-refractivity contribution in [1.82, 2.24) is 19.5 Å². The van der Waals surface area contributed by atoms with E-state index in [1.165, 1.54) is 6.33 Å². The van der Waals surface area contributed by atoms with Crippen LogP contribution in [0.1, 0.15) is 12.5 Å². The average molecular weight is 323 g/mol. The standard InChI is InChI=1S/C14H15ClN4O3/c15-12-8-13(17-4-16-12)19(5-18-8)9-6-1-14(2-20)3-22-11(7(9)14)10(6)21/h4-7,9-11,20-21H,1-3H2/t6-,7+,9+,10+,11+,14+/m0/s1. The number of ether oxygens (including phenoxy) is 1. The van der Waals surface area contributed by atoms with Gasteiger partial charge in [0.05, 0.1) is 31.7 Å². The maximum atomic E-state index is 10.5. The first kappa shape index (κ1) is 13.2. The van der Waals surface area contributed by atoms with Gasteiger partial charge in [0, 0.05) is 23.3 Å². The molecule has 116 valence electrons. The fourth-order valence-electron chi connectivity index (χ4n) is 4.93. The van der Waals surface area contributed by atoms with Crippen LogP contribution in [0.5, 0.6) is 0 Å². The zero-order valence-corrected chi connectivity index (χ0v) is 12.4. The van der Waals surface area contributed by atoms with E-state index >= 15 is 0 Å². The summed E-state index contributed by atoms with van der Waals surface area (Å²) in [7, 11) is 0. The number of fused-ring (bicyclic) bond motifs is 2. The van der Waals surface area contributed by atoms with Crippen molar-refractivity contribution in [1.29, 1.82) is 0 Å². The number of rotatable bonds is 2. The maximum Gasteiger partial charge on any atom is 0.165 e. The van der Waals surface area contributed by atoms with Gasteiger partial charge in [0.2, 0.25) is 0 Å². The van der Waals surface area contributed by atoms with E-state index in [0.29, 0.717) is 22.9 Å². The smallest absolute Gasteiger partial charge is 0.165 e. The maximum absolute atomic E-state index is 10.5. The Morgan fingerprint density at radius 3 is 3.09 bits per heavy atom. The Kier molecular flexibility index (Phi) is 2.50. The molecule has 2 saturated carbocycles. The number of nitrogens with zero attached hydrogens (tertiary/aromatic N) is 4. The molecule has 1 saturated heterocycles. The van der Waals surface area contributed by atoms with Crippen LogP contribution in [-0.4, -0.2) is 55.2 Å². The molecule has 6 atom stereocenters. The van der Waals surface area contributed by atoms with Gasteiger partial charge in [0.25, 0.3) is 0 Å². The van der Waals surface area contributed by atoms with E-state index in [0.717, 1.165) is 6.42 Å². The third kappa shape index (κ3) is 1.36. The number of hydrogen-bond acceptors (Lipinski definition) is 6. The van der Waals surface area contributed by atoms with E-state index in [2.05, 4.69) is 15.0 Å². The SMILES string of the molecule is OC[C@@]12CO[C@H]3[C@H](O)[C@@H](C1)[C@@H](n1cnc4c(Cl)ncnc41)[C@H]32. The Balaban J connectivity index is 1.68. The summed E-state index contributed by atoms with van der Waals surface area (Å²) < 4.78 is 7.78. The first-order valence-electron chi connectivity index (χ1n) is 7.40. The molecule has 3 fully saturated rings. The van der Waals surface area contributed by atoms with E-state index in [9.17, 15) is 10.2 Å². The van der Waals surface area contributed by atoms with Gasteiger partial charge in [-0.2, -0.15) is 0 Å². The topological polar surface area (TPSA) is 93.3 Å². The van der Waals surface area contributed by atoms with Crippen LogP contribution in [0, 0.1) is 17.3 Å². The van der Waals surface area contributed by atoms with Crippen LogP contribution in [0.4, 0.5) is 0 Å². The first-order chi connectivity index (χ1) is 10.7. The van der Waals surface area contributed by atoms with Gasteiger partial charge in [-0.1, -0.05) is 11.6 Å². The Morgan fingerprint density at radius 1 is 1.41 bits per heavy atom. The van der Waals surface area contributed by atoms with E-state index in [1.807, 2.05) is 4.57 Å². The van der Waals surface area contributed by atoms with Crippen molar-refractivity contribution in [3.05, 3.63) is 17.8 Å². The van der Waals surface area contributed by atoms with Crippen molar-refractivity contribution >= 4 is 22.8 Å². The van der Waals surface area contributed by atoms with Gasteiger partial charge in [-0.05, 0) is 6.42 Å². The molecule has 0 spiro atoms. The number of aliphatic hydroxyl groups excluding tert-OH is 2. The van der Waals surface area contributed by atoms with Gasteiger partial charge in [-0.15, -0.1) is 0 Å². The van der Waals surface area contributed by atoms with Crippen LogP contribution < -0.4 is 0 Å². The van der Waals surface area contributed by atoms with Gasteiger partial charge in [0.1, 0.15) is 11.8 Å². The van der Waals surface area contributed by atoms with Crippen molar-refractivity contribution in [3.8, 4) is 0 Å². The lowest BCUT2D eigenvalue weighted by molar-refractivity contribution is -0.0112. The molecule has 2 aliphatic carbocycles. The Labute approximate surface area is 130 Å². The third-order valence-corrected chi connectivity index (χ3v) is 6.08. The molecular formula is C14H15ClN4O3. The minimum absolute atomic E-state index is 0.0191. The zero-order valence-electron chi connectivity index (χ0n) is 11.6. The molecule has 0 amide bonds. The summed E-state index contributed by atoms with van der Waals surface area (Å²) in [6.07, 6.45) is 3.17. The average Bonchev–Trinajstić information content (AvgIpc) is 3.19. The van der Waals surface area contributed by atoms with Gasteiger partial charge < -0.3 is 19.5 Å². The van der Waals surface area contributed by atoms with Crippen LogP contribution in [0.2, 0.25) is 5.15 Å². The molecule has 3 heterocycles. The quantitative estimate of drug-likeness (QED) is 0.778. The van der Waals surface area contributed by atoms with Gasteiger partial charge in [0.15, 0.2) is 10.8 Å². The van der Waals surface area contributed by atoms with Gasteiger partial charge in [-0.3, -0.25) is 0 Å². The highest BCUT2D eigenvalue weighted by Crippen LogP contribution is 2.65. The summed E-state index contributed by atoms with van der Waals surface area (Å²) in [6.45, 7) is 0.585. The lowest BCUT2D eigenvalue weighted by Crippen LogP contribution is -2.39. The fraction of sp³-hybridized carbons (Fsp3) is 0.643. The van der Waals surface area contributed by atoms with Gasteiger partial charge in [-0.25, -0.2) is 15.0 Å². The number of aliphatic hydroxyl groups is 2. The molecule has 0 radical (unpaired) electrons. The summed E-state index contributed by atoms with van der Waals surface area (Å²) in [6, 6.07) is 0.0191. The number of imidazole rings is 1. The molecule has 0 unspecified atom stereocenters. The van der Waals surface area contributed by atoms with Crippen molar-refractivity contribution < 1.29 is 14.9 Å². The van der Waals surface area contributed by atoms with Crippen molar-refractivity contribution in [2.75, 3.05) is 13.2 Å². The highest BCUT2D eigenvalue weighted by atomic mass is 35.5. The second-order valence-electron chi connectivity index (χ2n) is 6.66. The van der Waals surface area contributed by atoms with Crippen LogP contribution in [0.25, 0.3) is 11.2 Å². The van der Waals surface area contributed by atoms with E-state index in [-0.39, 0.29) is 36.0 Å². The second kappa shape index (κ2) is 4.17. The summed E-state index contributed by atoms with van der Waals surface area (Å²) in [5.74, 6) is 0.111. The molecule has 22 heavy (non-hydrogen) atoms.